The molecule has 0 bridgehead atoms. The van der Waals surface area contributed by atoms with Gasteiger partial charge in [0, 0.05) is 11.6 Å². The van der Waals surface area contributed by atoms with Crippen LogP contribution < -0.4 is 5.32 Å². The summed E-state index contributed by atoms with van der Waals surface area (Å²) in [5.74, 6) is -0.439. The minimum Gasteiger partial charge on any atom is -0.451 e. The van der Waals surface area contributed by atoms with Gasteiger partial charge in [-0.25, -0.2) is 4.79 Å². The lowest BCUT2D eigenvalue weighted by molar-refractivity contribution is -0.148. The molecule has 0 radical (unpaired) electrons. The molecule has 2 rings (SSSR count). The molecule has 1 N–H and O–H groups in total. The highest BCUT2D eigenvalue weighted by Gasteiger charge is 2.49. The number of carbonyl (C=O) groups excluding carboxylic acids is 2. The largest absolute Gasteiger partial charge is 0.451 e. The number of carbonyl (C=O) groups is 2. The Hall–Kier alpha value is -1.32. The lowest BCUT2D eigenvalue weighted by Gasteiger charge is -2.29. The Balaban J connectivity index is 2.29. The van der Waals surface area contributed by atoms with Gasteiger partial charge >= 0.3 is 5.97 Å². The van der Waals surface area contributed by atoms with Gasteiger partial charge < -0.3 is 10.1 Å². The smallest absolute Gasteiger partial charge is 0.335 e. The van der Waals surface area contributed by atoms with E-state index in [1.54, 1.807) is 6.92 Å². The zero-order valence-corrected chi connectivity index (χ0v) is 12.8. The maximum Gasteiger partial charge on any atom is 0.335 e. The summed E-state index contributed by atoms with van der Waals surface area (Å²) in [6.07, 6.45) is 6.76. The van der Waals surface area contributed by atoms with Crippen molar-refractivity contribution in [2.24, 2.45) is 0 Å². The molecule has 1 spiro atoms. The molecule has 1 aliphatic heterocycles. The van der Waals surface area contributed by atoms with E-state index >= 15 is 0 Å². The maximum atomic E-state index is 12.6. The average molecular weight is 279 g/mol. The first-order valence-electron chi connectivity index (χ1n) is 7.75. The van der Waals surface area contributed by atoms with Crippen LogP contribution in [-0.4, -0.2) is 23.5 Å². The molecule has 112 valence electrons. The number of hydrogen-bond donors (Lipinski definition) is 1. The molecule has 4 nitrogen and oxygen atoms in total. The Bertz CT molecular complexity index is 431. The molecule has 0 aromatic carbocycles. The average Bonchev–Trinajstić information content (AvgIpc) is 2.58. The molecule has 1 saturated carbocycles. The molecule has 1 heterocycles. The zero-order chi connectivity index (χ0) is 14.8. The van der Waals surface area contributed by atoms with Crippen LogP contribution in [-0.2, 0) is 14.3 Å². The fourth-order valence-electron chi connectivity index (χ4n) is 3.18. The maximum absolute atomic E-state index is 12.6. The third-order valence-corrected chi connectivity index (χ3v) is 4.55. The van der Waals surface area contributed by atoms with Gasteiger partial charge in [0.25, 0.3) is 5.91 Å². The van der Waals surface area contributed by atoms with E-state index in [-0.39, 0.29) is 17.9 Å². The number of hydrogen-bond acceptors (Lipinski definition) is 3. The molecule has 0 aromatic heterocycles. The molecule has 1 amide bonds. The lowest BCUT2D eigenvalue weighted by Crippen LogP contribution is -2.42. The van der Waals surface area contributed by atoms with Crippen LogP contribution in [0.4, 0.5) is 0 Å². The number of amides is 1. The Morgan fingerprint density at radius 1 is 1.30 bits per heavy atom. The van der Waals surface area contributed by atoms with Gasteiger partial charge in [-0.2, -0.15) is 0 Å². The van der Waals surface area contributed by atoms with Gasteiger partial charge in [-0.3, -0.25) is 4.79 Å². The van der Waals surface area contributed by atoms with E-state index in [1.807, 2.05) is 13.8 Å². The van der Waals surface area contributed by atoms with Gasteiger partial charge in [0.15, 0.2) is 0 Å². The lowest BCUT2D eigenvalue weighted by atomic mass is 9.84. The first-order chi connectivity index (χ1) is 9.50. The number of esters is 1. The monoisotopic (exact) mass is 279 g/mol. The van der Waals surface area contributed by atoms with E-state index < -0.39 is 5.60 Å². The van der Waals surface area contributed by atoms with Crippen LogP contribution >= 0.6 is 0 Å². The minimum absolute atomic E-state index is 0.112. The van der Waals surface area contributed by atoms with Crippen LogP contribution in [0.5, 0.6) is 0 Å². The Labute approximate surface area is 120 Å². The number of nitrogens with one attached hydrogen (secondary N) is 1. The zero-order valence-electron chi connectivity index (χ0n) is 12.8. The van der Waals surface area contributed by atoms with Crippen molar-refractivity contribution in [3.05, 3.63) is 11.1 Å². The molecule has 1 unspecified atom stereocenters. The molecular formula is C16H25NO3. The molecule has 0 saturated heterocycles. The van der Waals surface area contributed by atoms with Crippen LogP contribution in [0.15, 0.2) is 11.1 Å². The second kappa shape index (κ2) is 5.98. The van der Waals surface area contributed by atoms with Crippen molar-refractivity contribution in [3.8, 4) is 0 Å². The summed E-state index contributed by atoms with van der Waals surface area (Å²) in [4.78, 5) is 24.5. The fourth-order valence-corrected chi connectivity index (χ4v) is 3.18. The molecular weight excluding hydrogens is 254 g/mol. The van der Waals surface area contributed by atoms with Crippen LogP contribution in [0.1, 0.15) is 65.7 Å². The van der Waals surface area contributed by atoms with E-state index in [1.165, 1.54) is 0 Å². The second-order valence-electron chi connectivity index (χ2n) is 6.08. The van der Waals surface area contributed by atoms with Crippen molar-refractivity contribution in [2.75, 3.05) is 0 Å². The Morgan fingerprint density at radius 3 is 2.45 bits per heavy atom. The molecule has 0 aromatic rings. The van der Waals surface area contributed by atoms with Gasteiger partial charge in [-0.05, 0) is 46.0 Å². The molecule has 20 heavy (non-hydrogen) atoms. The molecule has 1 fully saturated rings. The molecule has 1 atom stereocenters. The van der Waals surface area contributed by atoms with Crippen LogP contribution in [0, 0.1) is 0 Å². The second-order valence-corrected chi connectivity index (χ2v) is 6.08. The van der Waals surface area contributed by atoms with E-state index in [2.05, 4.69) is 5.32 Å². The number of ether oxygens (including phenoxy) is 1. The van der Waals surface area contributed by atoms with Crippen molar-refractivity contribution in [1.82, 2.24) is 5.32 Å². The highest BCUT2D eigenvalue weighted by molar-refractivity contribution is 6.07. The van der Waals surface area contributed by atoms with Crippen molar-refractivity contribution in [3.63, 3.8) is 0 Å². The van der Waals surface area contributed by atoms with Crippen molar-refractivity contribution >= 4 is 11.9 Å². The van der Waals surface area contributed by atoms with Crippen LogP contribution in [0.25, 0.3) is 0 Å². The summed E-state index contributed by atoms with van der Waals surface area (Å²) in [6, 6.07) is 0.112. The van der Waals surface area contributed by atoms with E-state index in [4.69, 9.17) is 4.74 Å². The summed E-state index contributed by atoms with van der Waals surface area (Å²) in [7, 11) is 0. The summed E-state index contributed by atoms with van der Waals surface area (Å²) >= 11 is 0. The molecule has 2 aliphatic rings. The Morgan fingerprint density at radius 2 is 1.90 bits per heavy atom. The van der Waals surface area contributed by atoms with Crippen molar-refractivity contribution < 1.29 is 14.3 Å². The summed E-state index contributed by atoms with van der Waals surface area (Å²) in [5, 5.41) is 2.99. The standard InChI is InChI=1S/C16H25NO3/c1-4-11(2)17-14(18)13-12(3)15(19)20-16(13)9-7-5-6-8-10-16/h11H,4-10H2,1-3H3,(H,17,18). The topological polar surface area (TPSA) is 55.4 Å². The predicted octanol–water partition coefficient (Wildman–Crippen LogP) is 2.87. The normalized spacial score (nSPS) is 23.4. The highest BCUT2D eigenvalue weighted by atomic mass is 16.6. The third-order valence-electron chi connectivity index (χ3n) is 4.55. The summed E-state index contributed by atoms with van der Waals surface area (Å²) in [5.41, 5.74) is 0.423. The van der Waals surface area contributed by atoms with E-state index in [0.29, 0.717) is 11.1 Å². The summed E-state index contributed by atoms with van der Waals surface area (Å²) in [6.45, 7) is 5.72. The van der Waals surface area contributed by atoms with Gasteiger partial charge in [-0.15, -0.1) is 0 Å². The SMILES string of the molecule is CCC(C)NC(=O)C1=C(C)C(=O)OC12CCCCCC2. The van der Waals surface area contributed by atoms with Gasteiger partial charge in [0.05, 0.1) is 5.57 Å². The van der Waals surface area contributed by atoms with Gasteiger partial charge in [0.2, 0.25) is 0 Å². The Kier molecular flexibility index (Phi) is 4.51. The summed E-state index contributed by atoms with van der Waals surface area (Å²) < 4.78 is 5.66. The van der Waals surface area contributed by atoms with E-state index in [9.17, 15) is 9.59 Å². The van der Waals surface area contributed by atoms with Crippen LogP contribution in [0.2, 0.25) is 0 Å². The van der Waals surface area contributed by atoms with Crippen LogP contribution in [0.3, 0.4) is 0 Å². The number of rotatable bonds is 3. The van der Waals surface area contributed by atoms with Gasteiger partial charge in [0.1, 0.15) is 5.60 Å². The minimum atomic E-state index is -0.658. The van der Waals surface area contributed by atoms with Crippen molar-refractivity contribution in [1.29, 1.82) is 0 Å². The van der Waals surface area contributed by atoms with E-state index in [0.717, 1.165) is 44.9 Å². The van der Waals surface area contributed by atoms with Gasteiger partial charge in [-0.1, -0.05) is 19.8 Å². The predicted molar refractivity (Wildman–Crippen MR) is 77.1 cm³/mol. The first kappa shape index (κ1) is 15.1. The first-order valence-corrected chi connectivity index (χ1v) is 7.75. The third kappa shape index (κ3) is 2.74. The fraction of sp³-hybridized carbons (Fsp3) is 0.750. The highest BCUT2D eigenvalue weighted by Crippen LogP contribution is 2.42. The van der Waals surface area contributed by atoms with Crippen molar-refractivity contribution in [2.45, 2.75) is 77.4 Å². The molecule has 4 heteroatoms. The quantitative estimate of drug-likeness (QED) is 0.808. The molecule has 1 aliphatic carbocycles.